The van der Waals surface area contributed by atoms with Gasteiger partial charge in [-0.25, -0.2) is 4.79 Å². The third kappa shape index (κ3) is 1.89. The average molecular weight is 341 g/mol. The molecule has 0 radical (unpaired) electrons. The van der Waals surface area contributed by atoms with Gasteiger partial charge in [0.25, 0.3) is 5.91 Å². The summed E-state index contributed by atoms with van der Waals surface area (Å²) in [6.45, 7) is 2.16. The highest BCUT2D eigenvalue weighted by atomic mass is 79.9. The maximum atomic E-state index is 12.6. The summed E-state index contributed by atoms with van der Waals surface area (Å²) in [6, 6.07) is 3.10. The van der Waals surface area contributed by atoms with E-state index in [1.807, 2.05) is 0 Å². The third-order valence-electron chi connectivity index (χ3n) is 4.48. The molecule has 2 fully saturated rings. The highest BCUT2D eigenvalue weighted by Gasteiger charge is 2.53. The number of urea groups is 1. The summed E-state index contributed by atoms with van der Waals surface area (Å²) in [7, 11) is 0. The summed E-state index contributed by atoms with van der Waals surface area (Å²) in [6.07, 6.45) is 4.76. The molecular weight excluding hydrogens is 324 g/mol. The van der Waals surface area contributed by atoms with Gasteiger partial charge in [-0.2, -0.15) is 0 Å². The van der Waals surface area contributed by atoms with E-state index < -0.39 is 5.54 Å². The summed E-state index contributed by atoms with van der Waals surface area (Å²) in [5.74, 6) is 0.240. The van der Waals surface area contributed by atoms with Crippen molar-refractivity contribution in [3.63, 3.8) is 0 Å². The molecule has 1 aliphatic carbocycles. The topological polar surface area (TPSA) is 62.6 Å². The summed E-state index contributed by atoms with van der Waals surface area (Å²) in [5.41, 5.74) is -1.04. The van der Waals surface area contributed by atoms with E-state index >= 15 is 0 Å². The van der Waals surface area contributed by atoms with E-state index in [0.717, 1.165) is 24.6 Å². The van der Waals surface area contributed by atoms with Crippen LogP contribution in [0.5, 0.6) is 0 Å². The van der Waals surface area contributed by atoms with E-state index in [1.165, 1.54) is 11.2 Å². The summed E-state index contributed by atoms with van der Waals surface area (Å²) in [5, 5.41) is 3.57. The predicted octanol–water partition coefficient (Wildman–Crippen LogP) is 2.61. The molecule has 0 bridgehead atoms. The van der Waals surface area contributed by atoms with Crippen molar-refractivity contribution in [1.29, 1.82) is 0 Å². The number of hydrogen-bond acceptors (Lipinski definition) is 3. The standard InChI is InChI=1S/C14H17BrN2O3/c1-13(10-4-2-7-20-10)11(18)17(12(19)16-13)9-14(8-15)5-3-6-14/h2,4,7H,3,5-6,8-9H2,1H3,(H,16,19). The fourth-order valence-electron chi connectivity index (χ4n) is 2.92. The van der Waals surface area contributed by atoms with Crippen molar-refractivity contribution in [2.45, 2.75) is 31.7 Å². The monoisotopic (exact) mass is 340 g/mol. The van der Waals surface area contributed by atoms with E-state index in [-0.39, 0.29) is 17.4 Å². The van der Waals surface area contributed by atoms with Crippen LogP contribution in [-0.4, -0.2) is 28.7 Å². The Morgan fingerprint density at radius 1 is 1.45 bits per heavy atom. The molecule has 3 amide bonds. The number of nitrogens with one attached hydrogen (secondary N) is 1. The van der Waals surface area contributed by atoms with Gasteiger partial charge in [-0.15, -0.1) is 0 Å². The Morgan fingerprint density at radius 3 is 2.70 bits per heavy atom. The van der Waals surface area contributed by atoms with Crippen molar-refractivity contribution in [3.8, 4) is 0 Å². The van der Waals surface area contributed by atoms with Crippen molar-refractivity contribution in [2.75, 3.05) is 11.9 Å². The number of carbonyl (C=O) groups excluding carboxylic acids is 2. The fraction of sp³-hybridized carbons (Fsp3) is 0.571. The van der Waals surface area contributed by atoms with E-state index in [9.17, 15) is 9.59 Å². The zero-order valence-corrected chi connectivity index (χ0v) is 12.9. The van der Waals surface area contributed by atoms with Gasteiger partial charge in [0.2, 0.25) is 0 Å². The molecule has 1 unspecified atom stereocenters. The highest BCUT2D eigenvalue weighted by Crippen LogP contribution is 2.44. The van der Waals surface area contributed by atoms with Gasteiger partial charge in [-0.05, 0) is 37.3 Å². The van der Waals surface area contributed by atoms with Crippen LogP contribution in [0.15, 0.2) is 22.8 Å². The SMILES string of the molecule is CC1(c2ccco2)NC(=O)N(CC2(CBr)CCC2)C1=O. The maximum Gasteiger partial charge on any atom is 0.325 e. The van der Waals surface area contributed by atoms with E-state index in [0.29, 0.717) is 12.3 Å². The van der Waals surface area contributed by atoms with Crippen molar-refractivity contribution in [1.82, 2.24) is 10.2 Å². The molecule has 3 rings (SSSR count). The zero-order valence-electron chi connectivity index (χ0n) is 11.3. The van der Waals surface area contributed by atoms with Gasteiger partial charge in [0.1, 0.15) is 5.76 Å². The summed E-state index contributed by atoms with van der Waals surface area (Å²) in [4.78, 5) is 26.1. The van der Waals surface area contributed by atoms with Crippen LogP contribution in [0.3, 0.4) is 0 Å². The quantitative estimate of drug-likeness (QED) is 0.676. The molecule has 0 spiro atoms. The van der Waals surface area contributed by atoms with E-state index in [4.69, 9.17) is 4.42 Å². The second kappa shape index (κ2) is 4.62. The largest absolute Gasteiger partial charge is 0.466 e. The van der Waals surface area contributed by atoms with Gasteiger partial charge in [-0.3, -0.25) is 9.69 Å². The van der Waals surface area contributed by atoms with Crippen LogP contribution < -0.4 is 5.32 Å². The van der Waals surface area contributed by atoms with Crippen LogP contribution in [0.25, 0.3) is 0 Å². The van der Waals surface area contributed by atoms with Crippen molar-refractivity contribution in [3.05, 3.63) is 24.2 Å². The molecule has 1 saturated carbocycles. The first kappa shape index (κ1) is 13.7. The Hall–Kier alpha value is -1.30. The van der Waals surface area contributed by atoms with Crippen molar-refractivity contribution in [2.24, 2.45) is 5.41 Å². The zero-order chi connectivity index (χ0) is 14.4. The number of amides is 3. The number of nitrogens with zero attached hydrogens (tertiary/aromatic N) is 1. The Kier molecular flexibility index (Phi) is 3.16. The fourth-order valence-corrected chi connectivity index (χ4v) is 3.65. The predicted molar refractivity (Wildman–Crippen MR) is 76.4 cm³/mol. The van der Waals surface area contributed by atoms with Crippen molar-refractivity contribution < 1.29 is 14.0 Å². The number of imide groups is 1. The molecule has 1 atom stereocenters. The molecule has 1 aliphatic heterocycles. The Bertz CT molecular complexity index is 533. The normalized spacial score (nSPS) is 28.4. The molecular formula is C14H17BrN2O3. The van der Waals surface area contributed by atoms with Gasteiger partial charge in [0.05, 0.1) is 6.26 Å². The minimum atomic E-state index is -1.09. The minimum Gasteiger partial charge on any atom is -0.466 e. The van der Waals surface area contributed by atoms with Crippen LogP contribution in [-0.2, 0) is 10.3 Å². The number of hydrogen-bond donors (Lipinski definition) is 1. The van der Waals surface area contributed by atoms with Crippen LogP contribution in [0.2, 0.25) is 0 Å². The summed E-state index contributed by atoms with van der Waals surface area (Å²) >= 11 is 3.51. The number of carbonyl (C=O) groups is 2. The van der Waals surface area contributed by atoms with E-state index in [1.54, 1.807) is 19.1 Å². The van der Waals surface area contributed by atoms with Crippen LogP contribution in [0, 0.1) is 5.41 Å². The molecule has 5 nitrogen and oxygen atoms in total. The van der Waals surface area contributed by atoms with Gasteiger partial charge < -0.3 is 9.73 Å². The Labute approximate surface area is 125 Å². The minimum absolute atomic E-state index is 0.0431. The summed E-state index contributed by atoms with van der Waals surface area (Å²) < 4.78 is 5.31. The molecule has 2 heterocycles. The van der Waals surface area contributed by atoms with Crippen molar-refractivity contribution >= 4 is 27.9 Å². The molecule has 0 aromatic carbocycles. The second-order valence-corrected chi connectivity index (χ2v) is 6.47. The lowest BCUT2D eigenvalue weighted by Crippen LogP contribution is -2.47. The first-order valence-electron chi connectivity index (χ1n) is 6.75. The van der Waals surface area contributed by atoms with Gasteiger partial charge in [0, 0.05) is 11.9 Å². The lowest BCUT2D eigenvalue weighted by Gasteiger charge is -2.42. The lowest BCUT2D eigenvalue weighted by atomic mass is 9.70. The van der Waals surface area contributed by atoms with Gasteiger partial charge >= 0.3 is 6.03 Å². The average Bonchev–Trinajstić information content (AvgIpc) is 2.97. The molecule has 20 heavy (non-hydrogen) atoms. The molecule has 1 aromatic rings. The molecule has 1 N–H and O–H groups in total. The Morgan fingerprint density at radius 2 is 2.20 bits per heavy atom. The maximum absolute atomic E-state index is 12.6. The third-order valence-corrected chi connectivity index (χ3v) is 5.67. The number of alkyl halides is 1. The van der Waals surface area contributed by atoms with Crippen LogP contribution >= 0.6 is 15.9 Å². The van der Waals surface area contributed by atoms with Crippen LogP contribution in [0.4, 0.5) is 4.79 Å². The lowest BCUT2D eigenvalue weighted by molar-refractivity contribution is -0.133. The van der Waals surface area contributed by atoms with Gasteiger partial charge in [-0.1, -0.05) is 22.4 Å². The molecule has 108 valence electrons. The second-order valence-electron chi connectivity index (χ2n) is 5.91. The molecule has 1 saturated heterocycles. The first-order chi connectivity index (χ1) is 9.51. The highest BCUT2D eigenvalue weighted by molar-refractivity contribution is 9.09. The number of halogens is 1. The molecule has 6 heteroatoms. The molecule has 1 aromatic heterocycles. The number of rotatable bonds is 4. The number of furan rings is 1. The van der Waals surface area contributed by atoms with Gasteiger partial charge in [0.15, 0.2) is 5.54 Å². The van der Waals surface area contributed by atoms with E-state index in [2.05, 4.69) is 21.2 Å². The van der Waals surface area contributed by atoms with Crippen LogP contribution in [0.1, 0.15) is 31.9 Å². The molecule has 2 aliphatic rings. The Balaban J connectivity index is 1.84. The first-order valence-corrected chi connectivity index (χ1v) is 7.87. The smallest absolute Gasteiger partial charge is 0.325 e.